The van der Waals surface area contributed by atoms with Crippen LogP contribution in [-0.2, 0) is 6.42 Å². The summed E-state index contributed by atoms with van der Waals surface area (Å²) >= 11 is 0. The minimum Gasteiger partial charge on any atom is -0.496 e. The highest BCUT2D eigenvalue weighted by atomic mass is 16.5. The maximum atomic E-state index is 5.39. The number of aromatic nitrogens is 1. The number of ether oxygens (including phenoxy) is 2. The van der Waals surface area contributed by atoms with Gasteiger partial charge < -0.3 is 14.8 Å². The Morgan fingerprint density at radius 2 is 2.06 bits per heavy atom. The van der Waals surface area contributed by atoms with Crippen LogP contribution in [0.3, 0.4) is 0 Å². The van der Waals surface area contributed by atoms with Crippen molar-refractivity contribution in [3.8, 4) is 11.6 Å². The normalized spacial score (nSPS) is 16.8. The van der Waals surface area contributed by atoms with Gasteiger partial charge in [-0.1, -0.05) is 0 Å². The summed E-state index contributed by atoms with van der Waals surface area (Å²) in [5.41, 5.74) is 1.10. The molecule has 1 saturated heterocycles. The van der Waals surface area contributed by atoms with E-state index in [1.54, 1.807) is 20.4 Å². The summed E-state index contributed by atoms with van der Waals surface area (Å²) in [6.07, 6.45) is 5.13. The van der Waals surface area contributed by atoms with Crippen molar-refractivity contribution in [1.29, 1.82) is 0 Å². The molecule has 0 radical (unpaired) electrons. The number of nitrogens with one attached hydrogen (secondary N) is 1. The van der Waals surface area contributed by atoms with Crippen LogP contribution >= 0.6 is 0 Å². The van der Waals surface area contributed by atoms with E-state index in [0.29, 0.717) is 11.8 Å². The summed E-state index contributed by atoms with van der Waals surface area (Å²) in [4.78, 5) is 4.25. The van der Waals surface area contributed by atoms with Gasteiger partial charge >= 0.3 is 0 Å². The summed E-state index contributed by atoms with van der Waals surface area (Å²) < 4.78 is 10.7. The molecule has 1 aromatic heterocycles. The standard InChI is InChI=1S/C13H20N2O2/c1-16-12-5-8-15-13(17-2)11(12)9-10-3-6-14-7-4-10/h5,8,10,14H,3-4,6-7,9H2,1-2H3. The van der Waals surface area contributed by atoms with Gasteiger partial charge in [0.2, 0.25) is 5.88 Å². The van der Waals surface area contributed by atoms with E-state index in [9.17, 15) is 0 Å². The van der Waals surface area contributed by atoms with Crippen molar-refractivity contribution in [2.24, 2.45) is 5.92 Å². The average Bonchev–Trinajstić information content (AvgIpc) is 2.40. The van der Waals surface area contributed by atoms with Crippen molar-refractivity contribution in [1.82, 2.24) is 10.3 Å². The molecule has 0 aliphatic carbocycles. The fourth-order valence-corrected chi connectivity index (χ4v) is 2.39. The van der Waals surface area contributed by atoms with Gasteiger partial charge in [-0.3, -0.25) is 0 Å². The third kappa shape index (κ3) is 2.88. The molecule has 0 atom stereocenters. The molecule has 1 aliphatic rings. The highest BCUT2D eigenvalue weighted by Gasteiger charge is 2.19. The van der Waals surface area contributed by atoms with Crippen LogP contribution < -0.4 is 14.8 Å². The Kier molecular flexibility index (Phi) is 4.20. The van der Waals surface area contributed by atoms with Gasteiger partial charge in [-0.25, -0.2) is 4.98 Å². The molecule has 1 aromatic rings. The van der Waals surface area contributed by atoms with Crippen molar-refractivity contribution in [3.63, 3.8) is 0 Å². The lowest BCUT2D eigenvalue weighted by Crippen LogP contribution is -2.28. The van der Waals surface area contributed by atoms with Crippen LogP contribution in [0.25, 0.3) is 0 Å². The molecule has 0 bridgehead atoms. The number of hydrogen-bond acceptors (Lipinski definition) is 4. The SMILES string of the molecule is COc1ccnc(OC)c1CC1CCNCC1. The predicted molar refractivity (Wildman–Crippen MR) is 66.6 cm³/mol. The van der Waals surface area contributed by atoms with Gasteiger partial charge in [0.05, 0.1) is 19.8 Å². The Morgan fingerprint density at radius 3 is 2.71 bits per heavy atom. The summed E-state index contributed by atoms with van der Waals surface area (Å²) in [6.45, 7) is 2.21. The first-order valence-electron chi connectivity index (χ1n) is 6.11. The largest absolute Gasteiger partial charge is 0.496 e. The number of piperidine rings is 1. The van der Waals surface area contributed by atoms with Gasteiger partial charge in [-0.05, 0) is 44.3 Å². The van der Waals surface area contributed by atoms with Crippen LogP contribution in [0.5, 0.6) is 11.6 Å². The second kappa shape index (κ2) is 5.87. The number of rotatable bonds is 4. The van der Waals surface area contributed by atoms with Gasteiger partial charge in [0.15, 0.2) is 0 Å². The number of methoxy groups -OCH3 is 2. The van der Waals surface area contributed by atoms with Gasteiger partial charge in [-0.15, -0.1) is 0 Å². The molecule has 2 rings (SSSR count). The summed E-state index contributed by atoms with van der Waals surface area (Å²) in [6, 6.07) is 1.90. The third-order valence-electron chi connectivity index (χ3n) is 3.34. The highest BCUT2D eigenvalue weighted by Crippen LogP contribution is 2.30. The molecule has 4 nitrogen and oxygen atoms in total. The summed E-state index contributed by atoms with van der Waals surface area (Å²) in [7, 11) is 3.36. The maximum absolute atomic E-state index is 5.39. The zero-order valence-corrected chi connectivity index (χ0v) is 10.5. The Bertz CT molecular complexity index is 340. The molecule has 4 heteroatoms. The second-order valence-electron chi connectivity index (χ2n) is 4.40. The summed E-state index contributed by atoms with van der Waals surface area (Å²) in [5, 5.41) is 3.38. The van der Waals surface area contributed by atoms with Gasteiger partial charge in [0.25, 0.3) is 0 Å². The van der Waals surface area contributed by atoms with E-state index in [2.05, 4.69) is 10.3 Å². The van der Waals surface area contributed by atoms with Crippen LogP contribution in [0.2, 0.25) is 0 Å². The van der Waals surface area contributed by atoms with E-state index in [1.807, 2.05) is 6.07 Å². The third-order valence-corrected chi connectivity index (χ3v) is 3.34. The lowest BCUT2D eigenvalue weighted by molar-refractivity contribution is 0.341. The van der Waals surface area contributed by atoms with E-state index in [-0.39, 0.29) is 0 Å². The van der Waals surface area contributed by atoms with E-state index in [0.717, 1.165) is 30.8 Å². The first-order chi connectivity index (χ1) is 8.35. The smallest absolute Gasteiger partial charge is 0.220 e. The fraction of sp³-hybridized carbons (Fsp3) is 0.615. The number of pyridine rings is 1. The molecular weight excluding hydrogens is 216 g/mol. The van der Waals surface area contributed by atoms with Crippen molar-refractivity contribution >= 4 is 0 Å². The predicted octanol–water partition coefficient (Wildman–Crippen LogP) is 1.64. The second-order valence-corrected chi connectivity index (χ2v) is 4.40. The molecule has 0 spiro atoms. The highest BCUT2D eigenvalue weighted by molar-refractivity contribution is 5.40. The lowest BCUT2D eigenvalue weighted by atomic mass is 9.91. The molecule has 0 aromatic carbocycles. The monoisotopic (exact) mass is 236 g/mol. The van der Waals surface area contributed by atoms with E-state index >= 15 is 0 Å². The molecule has 1 fully saturated rings. The van der Waals surface area contributed by atoms with Gasteiger partial charge in [0.1, 0.15) is 5.75 Å². The summed E-state index contributed by atoms with van der Waals surface area (Å²) in [5.74, 6) is 2.28. The molecule has 94 valence electrons. The molecular formula is C13H20N2O2. The zero-order valence-electron chi connectivity index (χ0n) is 10.5. The van der Waals surface area contributed by atoms with E-state index in [1.165, 1.54) is 12.8 Å². The van der Waals surface area contributed by atoms with Crippen molar-refractivity contribution in [2.75, 3.05) is 27.3 Å². The van der Waals surface area contributed by atoms with Crippen LogP contribution in [0.4, 0.5) is 0 Å². The Morgan fingerprint density at radius 1 is 1.29 bits per heavy atom. The molecule has 0 saturated carbocycles. The Balaban J connectivity index is 2.16. The van der Waals surface area contributed by atoms with Crippen LogP contribution in [0.15, 0.2) is 12.3 Å². The quantitative estimate of drug-likeness (QED) is 0.863. The van der Waals surface area contributed by atoms with Crippen LogP contribution in [0, 0.1) is 5.92 Å². The first-order valence-corrected chi connectivity index (χ1v) is 6.11. The molecule has 1 aliphatic heterocycles. The zero-order chi connectivity index (χ0) is 12.1. The van der Waals surface area contributed by atoms with Crippen molar-refractivity contribution in [2.45, 2.75) is 19.3 Å². The molecule has 0 unspecified atom stereocenters. The molecule has 0 amide bonds. The van der Waals surface area contributed by atoms with Crippen LogP contribution in [0.1, 0.15) is 18.4 Å². The minimum absolute atomic E-state index is 0.697. The van der Waals surface area contributed by atoms with Crippen LogP contribution in [-0.4, -0.2) is 32.3 Å². The number of nitrogens with zero attached hydrogens (tertiary/aromatic N) is 1. The van der Waals surface area contributed by atoms with Crippen molar-refractivity contribution in [3.05, 3.63) is 17.8 Å². The minimum atomic E-state index is 0.697. The average molecular weight is 236 g/mol. The van der Waals surface area contributed by atoms with Gasteiger partial charge in [0, 0.05) is 6.20 Å². The molecule has 1 N–H and O–H groups in total. The van der Waals surface area contributed by atoms with Crippen molar-refractivity contribution < 1.29 is 9.47 Å². The topological polar surface area (TPSA) is 43.4 Å². The maximum Gasteiger partial charge on any atom is 0.220 e. The van der Waals surface area contributed by atoms with E-state index in [4.69, 9.17) is 9.47 Å². The Labute approximate surface area is 102 Å². The molecule has 17 heavy (non-hydrogen) atoms. The first kappa shape index (κ1) is 12.2. The lowest BCUT2D eigenvalue weighted by Gasteiger charge is -2.23. The Hall–Kier alpha value is -1.29. The number of hydrogen-bond donors (Lipinski definition) is 1. The van der Waals surface area contributed by atoms with Gasteiger partial charge in [-0.2, -0.15) is 0 Å². The van der Waals surface area contributed by atoms with E-state index < -0.39 is 0 Å². The molecule has 2 heterocycles. The fourth-order valence-electron chi connectivity index (χ4n) is 2.39.